The molecule has 31 N–H and O–H groups in total. The lowest BCUT2D eigenvalue weighted by Gasteiger charge is -2.51. The van der Waals surface area contributed by atoms with Crippen molar-refractivity contribution in [1.82, 2.24) is 31.9 Å². The molecule has 10 fully saturated rings. The molecule has 10 rings (SSSR count). The molecule has 64 heteroatoms. The Labute approximate surface area is 770 Å². The summed E-state index contributed by atoms with van der Waals surface area (Å²) in [6.45, 7) is -4.31. The maximum Gasteiger partial charge on any atom is 0.397 e. The Hall–Kier alpha value is -5.12. The van der Waals surface area contributed by atoms with Gasteiger partial charge in [-0.15, -0.1) is 0 Å². The van der Waals surface area contributed by atoms with Gasteiger partial charge in [0.15, 0.2) is 62.9 Å². The molecule has 786 valence electrons. The molecule has 136 heavy (non-hydrogen) atoms. The molecule has 62 nitrogen and oxygen atoms in total. The molecule has 0 spiro atoms. The number of amides is 6. The largest absolute Gasteiger partial charge is 0.397 e. The standard InChI is InChI=1S/C72H120N6O56S2/c1-17-39(92)49(102)52(105)69(116-17)114-16-32-57(45(98)33(63(107)117-32)73-18(2)86)128-64-34(74-19(3)87)48(101)56(30(14-85)122-64)129-70-53(106)60(130-72-62(51(104)41(94)25(9-80)121-72)132-66-36(76-21(5)89)47(100)55(29(13-84)124-66)127-68-38(78-23(7)91)59(134-136(111,112)113)43(96)27(11-82)119-68)44(97)31(125-70)15-115-71-61(50(103)40(93)24(8-79)120-71)131-65-35(75-20(4)88)46(99)54(28(12-83)123-65)126-67-37(77-22(6)90)58(133-135(108,109)110)42(95)26(10-81)118-67/h17,24-72,79-85,92-107H,8-16H2,1-7H3,(H,73,86)(H,74,87)(H,75,88)(H,76,89)(H,77,90)(H,78,91)(H,108,109,110)(H,111,112,113)/t17-,24+,25+,26+,27+,28+,29+,30+,31+,32+,33+,34+,35+,36+,37+,38+,39+,40+,41+,42-,43-,44+,45+,46+,47+,48+,49+,50-,51-,52-,53-,54+,55+,56+,57+,58+,59+,60-,61-,62-,63?,64-,65-,66-,67-,68-,69+,70-,71-,72+/m0/s1. The van der Waals surface area contributed by atoms with E-state index in [1.807, 2.05) is 0 Å². The highest BCUT2D eigenvalue weighted by atomic mass is 32.3. The van der Waals surface area contributed by atoms with Gasteiger partial charge in [-0.1, -0.05) is 0 Å². The van der Waals surface area contributed by atoms with Crippen LogP contribution in [0.15, 0.2) is 0 Å². The fraction of sp³-hybridized carbons (Fsp3) is 0.917. The van der Waals surface area contributed by atoms with Crippen molar-refractivity contribution in [3.05, 3.63) is 0 Å². The normalized spacial score (nSPS) is 45.9. The number of carbonyl (C=O) groups excluding carboxylic acids is 6. The average Bonchev–Trinajstić information content (AvgIpc) is 0.729. The van der Waals surface area contributed by atoms with Crippen molar-refractivity contribution in [1.29, 1.82) is 0 Å². The minimum atomic E-state index is -5.57. The highest BCUT2D eigenvalue weighted by molar-refractivity contribution is 7.81. The van der Waals surface area contributed by atoms with Crippen molar-refractivity contribution in [2.24, 2.45) is 0 Å². The predicted molar refractivity (Wildman–Crippen MR) is 419 cm³/mol. The fourth-order valence-electron chi connectivity index (χ4n) is 17.1. The van der Waals surface area contributed by atoms with Crippen LogP contribution in [-0.2, 0) is 148 Å². The first kappa shape index (κ1) is 113. The van der Waals surface area contributed by atoms with E-state index in [4.69, 9.17) is 90.0 Å². The van der Waals surface area contributed by atoms with Crippen molar-refractivity contribution < 1.29 is 271 Å². The van der Waals surface area contributed by atoms with E-state index in [9.17, 15) is 172 Å². The number of hydrogen-bond donors (Lipinski definition) is 31. The molecule has 10 aliphatic heterocycles. The van der Waals surface area contributed by atoms with Crippen molar-refractivity contribution in [2.75, 3.05) is 59.5 Å². The number of ether oxygens (including phenoxy) is 19. The van der Waals surface area contributed by atoms with Gasteiger partial charge in [0.2, 0.25) is 35.4 Å². The fourth-order valence-corrected chi connectivity index (χ4v) is 18.1. The number of hydrogen-bond acceptors (Lipinski definition) is 54. The average molecular weight is 2030 g/mol. The molecule has 1 unspecified atom stereocenters. The summed E-state index contributed by atoms with van der Waals surface area (Å²) >= 11 is 0. The Bertz CT molecular complexity index is 4120. The van der Waals surface area contributed by atoms with Gasteiger partial charge in [0.05, 0.1) is 65.6 Å². The molecular formula is C72H120N6O56S2. The Balaban J connectivity index is 1.00. The van der Waals surface area contributed by atoms with E-state index in [1.54, 1.807) is 0 Å². The third-order valence-corrected chi connectivity index (χ3v) is 24.6. The van der Waals surface area contributed by atoms with Crippen LogP contribution in [0.5, 0.6) is 0 Å². The number of rotatable bonds is 37. The van der Waals surface area contributed by atoms with Gasteiger partial charge in [0, 0.05) is 41.5 Å². The topological polar surface area (TPSA) is 942 Å². The van der Waals surface area contributed by atoms with Crippen molar-refractivity contribution >= 4 is 56.2 Å². The first-order valence-corrected chi connectivity index (χ1v) is 45.0. The molecule has 0 bridgehead atoms. The summed E-state index contributed by atoms with van der Waals surface area (Å²) in [6, 6.07) is -12.2. The van der Waals surface area contributed by atoms with E-state index in [2.05, 4.69) is 40.3 Å². The Morgan fingerprint density at radius 3 is 0.890 bits per heavy atom. The smallest absolute Gasteiger partial charge is 0.394 e. The van der Waals surface area contributed by atoms with Gasteiger partial charge in [0.25, 0.3) is 0 Å². The number of carbonyl (C=O) groups is 6. The number of aliphatic hydroxyl groups is 23. The summed E-state index contributed by atoms with van der Waals surface area (Å²) in [5, 5.41) is 276. The Kier molecular flexibility index (Phi) is 40.2. The van der Waals surface area contributed by atoms with Gasteiger partial charge in [-0.25, -0.2) is 8.37 Å². The van der Waals surface area contributed by atoms with Crippen molar-refractivity contribution in [3.63, 3.8) is 0 Å². The van der Waals surface area contributed by atoms with E-state index in [1.165, 1.54) is 6.92 Å². The molecule has 10 saturated heterocycles. The molecule has 0 saturated carbocycles. The second kappa shape index (κ2) is 48.5. The van der Waals surface area contributed by atoms with Gasteiger partial charge in [-0.3, -0.25) is 37.9 Å². The second-order valence-electron chi connectivity index (χ2n) is 33.5. The summed E-state index contributed by atoms with van der Waals surface area (Å²) < 4.78 is 191. The third kappa shape index (κ3) is 26.7. The lowest BCUT2D eigenvalue weighted by Crippen LogP contribution is -2.71. The zero-order chi connectivity index (χ0) is 101. The summed E-state index contributed by atoms with van der Waals surface area (Å²) in [5.41, 5.74) is 0. The van der Waals surface area contributed by atoms with E-state index in [-0.39, 0.29) is 0 Å². The van der Waals surface area contributed by atoms with Gasteiger partial charge in [0.1, 0.15) is 238 Å². The molecule has 10 heterocycles. The number of nitrogens with one attached hydrogen (secondary N) is 6. The first-order valence-electron chi connectivity index (χ1n) is 42.3. The van der Waals surface area contributed by atoms with Crippen LogP contribution in [0, 0.1) is 0 Å². The SMILES string of the molecule is CC(=O)N[C@H]1[C@H](O[C@H]2[C@H](O)[C@@H](NC(C)=O)C(O)O[C@@H]2CO[C@@H]2O[C@@H](C)[C@@H](O)[C@@H](O)[C@@H]2O)O[C@H](CO)[C@@H](O[C@@H]2O[C@H](CO[C@H]3O[C@H](CO)[C@@H](O)[C@H](O)[C@@H]3O[C@@H]3O[C@H](CO)[C@@H](O[C@@H]4O[C@H](CO)[C@H](O)[C@H](OS(=O)(=O)O)[C@H]4NC(C)=O)[C@H](O)[C@H]3NC(C)=O)[C@@H](O)[C@H](O[C@H]3O[C@H](CO)[C@@H](O)[C@H](O)[C@@H]3O[C@@H]3O[C@H](CO)[C@@H](O[C@@H]4O[C@H](CO)[C@H](O)[C@H](OS(=O)(=O)O)[C@H]4NC(C)=O)[C@H](O)[C@H]3NC(C)=O)[C@@H]2O)[C@@H]1O. The molecule has 0 aromatic rings. The van der Waals surface area contributed by atoms with Crippen LogP contribution in [0.1, 0.15) is 48.5 Å². The molecule has 50 atom stereocenters. The summed E-state index contributed by atoms with van der Waals surface area (Å²) in [5.74, 6) is -6.05. The minimum absolute atomic E-state index is 0.857. The Morgan fingerprint density at radius 1 is 0.243 bits per heavy atom. The van der Waals surface area contributed by atoms with Gasteiger partial charge in [-0.2, -0.15) is 16.8 Å². The highest BCUT2D eigenvalue weighted by Gasteiger charge is 2.63. The van der Waals surface area contributed by atoms with Gasteiger partial charge in [-0.05, 0) is 6.92 Å². The third-order valence-electron chi connectivity index (χ3n) is 23.6. The van der Waals surface area contributed by atoms with Crippen LogP contribution < -0.4 is 31.9 Å². The summed E-state index contributed by atoms with van der Waals surface area (Å²) in [7, 11) is -11.1. The maximum atomic E-state index is 13.3. The van der Waals surface area contributed by atoms with Crippen LogP contribution in [0.25, 0.3) is 0 Å². The highest BCUT2D eigenvalue weighted by Crippen LogP contribution is 2.42. The lowest BCUT2D eigenvalue weighted by molar-refractivity contribution is -0.398. The van der Waals surface area contributed by atoms with Gasteiger partial charge >= 0.3 is 20.8 Å². The zero-order valence-electron chi connectivity index (χ0n) is 72.9. The second-order valence-corrected chi connectivity index (χ2v) is 35.6. The van der Waals surface area contributed by atoms with Crippen molar-refractivity contribution in [3.8, 4) is 0 Å². The van der Waals surface area contributed by atoms with E-state index < -0.39 is 422 Å². The number of aliphatic hydroxyl groups excluding tert-OH is 23. The van der Waals surface area contributed by atoms with Crippen LogP contribution in [-0.4, -0.2) is 545 Å². The first-order chi connectivity index (χ1) is 63.8. The van der Waals surface area contributed by atoms with Crippen LogP contribution >= 0.6 is 0 Å². The predicted octanol–water partition coefficient (Wildman–Crippen LogP) is -21.3. The monoisotopic (exact) mass is 2030 g/mol. The van der Waals surface area contributed by atoms with E-state index in [0.717, 1.165) is 41.5 Å². The quantitative estimate of drug-likeness (QED) is 0.0257. The van der Waals surface area contributed by atoms with Crippen molar-refractivity contribution in [2.45, 2.75) is 355 Å². The lowest BCUT2D eigenvalue weighted by atomic mass is 9.93. The Morgan fingerprint density at radius 2 is 0.515 bits per heavy atom. The zero-order valence-corrected chi connectivity index (χ0v) is 74.5. The maximum absolute atomic E-state index is 13.3. The molecular weight excluding hydrogens is 1910 g/mol. The van der Waals surface area contributed by atoms with Crippen LogP contribution in [0.3, 0.4) is 0 Å². The van der Waals surface area contributed by atoms with Gasteiger partial charge < -0.3 is 239 Å². The molecule has 0 radical (unpaired) electrons. The minimum Gasteiger partial charge on any atom is -0.394 e. The molecule has 6 amide bonds. The van der Waals surface area contributed by atoms with E-state index >= 15 is 0 Å². The summed E-state index contributed by atoms with van der Waals surface area (Å²) in [6.07, 6.45) is -96.4. The van der Waals surface area contributed by atoms with Crippen LogP contribution in [0.2, 0.25) is 0 Å². The molecule has 0 aromatic carbocycles. The molecule has 0 aromatic heterocycles. The summed E-state index contributed by atoms with van der Waals surface area (Å²) in [4.78, 5) is 77.4. The van der Waals surface area contributed by atoms with E-state index in [0.29, 0.717) is 0 Å². The molecule has 0 aliphatic carbocycles. The molecule has 10 aliphatic rings. The van der Waals surface area contributed by atoms with Crippen LogP contribution in [0.4, 0.5) is 0 Å².